The van der Waals surface area contributed by atoms with Crippen LogP contribution in [0, 0.1) is 13.8 Å². The Morgan fingerprint density at radius 3 is 2.52 bits per heavy atom. The van der Waals surface area contributed by atoms with Crippen molar-refractivity contribution in [2.45, 2.75) is 20.3 Å². The lowest BCUT2D eigenvalue weighted by molar-refractivity contribution is 0.0608. The van der Waals surface area contributed by atoms with Crippen molar-refractivity contribution in [1.82, 2.24) is 14.8 Å². The summed E-state index contributed by atoms with van der Waals surface area (Å²) in [6.07, 6.45) is 4.59. The Hall–Kier alpha value is -2.99. The van der Waals surface area contributed by atoms with E-state index in [1.807, 2.05) is 50.5 Å². The van der Waals surface area contributed by atoms with Crippen LogP contribution >= 0.6 is 0 Å². The van der Waals surface area contributed by atoms with Gasteiger partial charge in [0.1, 0.15) is 5.58 Å². The molecule has 0 N–H and O–H groups in total. The molecule has 29 heavy (non-hydrogen) atoms. The third-order valence-corrected chi connectivity index (χ3v) is 5.51. The molecule has 0 spiro atoms. The third-order valence-electron chi connectivity index (χ3n) is 5.51. The summed E-state index contributed by atoms with van der Waals surface area (Å²) >= 11 is 0. The molecular formula is C23H25N3O3. The fraction of sp³-hybridized carbons (Fsp3) is 0.348. The van der Waals surface area contributed by atoms with Gasteiger partial charge in [-0.25, -0.2) is 0 Å². The first kappa shape index (κ1) is 19.3. The summed E-state index contributed by atoms with van der Waals surface area (Å²) < 4.78 is 5.84. The first-order valence-corrected chi connectivity index (χ1v) is 9.97. The van der Waals surface area contributed by atoms with Gasteiger partial charge in [-0.3, -0.25) is 19.5 Å². The molecule has 0 atom stereocenters. The number of hydrogen-bond donors (Lipinski definition) is 0. The van der Waals surface area contributed by atoms with E-state index in [9.17, 15) is 9.59 Å². The maximum atomic E-state index is 12.9. The second-order valence-electron chi connectivity index (χ2n) is 7.67. The zero-order valence-electron chi connectivity index (χ0n) is 16.9. The molecule has 1 amide bonds. The normalized spacial score (nSPS) is 15.0. The van der Waals surface area contributed by atoms with Gasteiger partial charge >= 0.3 is 0 Å². The van der Waals surface area contributed by atoms with E-state index in [0.717, 1.165) is 37.2 Å². The van der Waals surface area contributed by atoms with E-state index in [1.54, 1.807) is 4.90 Å². The molecule has 1 saturated heterocycles. The number of carbonyl (C=O) groups is 1. The second kappa shape index (κ2) is 8.17. The lowest BCUT2D eigenvalue weighted by Crippen LogP contribution is -2.49. The highest BCUT2D eigenvalue weighted by atomic mass is 16.3. The topological polar surface area (TPSA) is 66.7 Å². The van der Waals surface area contributed by atoms with Gasteiger partial charge in [0.15, 0.2) is 11.2 Å². The van der Waals surface area contributed by atoms with Crippen molar-refractivity contribution in [1.29, 1.82) is 0 Å². The number of hydrogen-bond acceptors (Lipinski definition) is 5. The molecule has 1 aromatic carbocycles. The Labute approximate surface area is 169 Å². The molecule has 0 unspecified atom stereocenters. The van der Waals surface area contributed by atoms with Crippen molar-refractivity contribution in [3.05, 3.63) is 75.4 Å². The Bertz CT molecular complexity index is 1080. The molecule has 0 bridgehead atoms. The van der Waals surface area contributed by atoms with Crippen LogP contribution in [-0.4, -0.2) is 53.4 Å². The van der Waals surface area contributed by atoms with Gasteiger partial charge in [-0.05, 0) is 55.2 Å². The molecule has 150 valence electrons. The lowest BCUT2D eigenvalue weighted by Gasteiger charge is -2.34. The predicted molar refractivity (Wildman–Crippen MR) is 112 cm³/mol. The molecule has 1 fully saturated rings. The fourth-order valence-electron chi connectivity index (χ4n) is 3.94. The number of piperazine rings is 1. The molecule has 1 aliphatic heterocycles. The van der Waals surface area contributed by atoms with Gasteiger partial charge in [0, 0.05) is 51.2 Å². The standard InChI is InChI=1S/C23H25N3O3/c1-16-13-17(2)22-19(27)15-21(29-20(22)14-16)23(28)26-11-9-25(10-12-26)8-5-18-3-6-24-7-4-18/h3-4,6-7,13-15H,5,8-12H2,1-2H3. The predicted octanol–water partition coefficient (Wildman–Crippen LogP) is 2.81. The summed E-state index contributed by atoms with van der Waals surface area (Å²) in [7, 11) is 0. The molecule has 0 radical (unpaired) electrons. The average molecular weight is 391 g/mol. The Kier molecular flexibility index (Phi) is 5.45. The Morgan fingerprint density at radius 1 is 1.07 bits per heavy atom. The molecule has 1 aliphatic rings. The van der Waals surface area contributed by atoms with Crippen LogP contribution in [0.5, 0.6) is 0 Å². The smallest absolute Gasteiger partial charge is 0.289 e. The van der Waals surface area contributed by atoms with Gasteiger partial charge in [0.2, 0.25) is 0 Å². The van der Waals surface area contributed by atoms with Gasteiger partial charge in [-0.2, -0.15) is 0 Å². The van der Waals surface area contributed by atoms with Crippen LogP contribution in [0.4, 0.5) is 0 Å². The average Bonchev–Trinajstić information content (AvgIpc) is 2.72. The number of benzene rings is 1. The first-order chi connectivity index (χ1) is 14.0. The van der Waals surface area contributed by atoms with Crippen molar-refractivity contribution in [3.8, 4) is 0 Å². The van der Waals surface area contributed by atoms with E-state index < -0.39 is 0 Å². The molecule has 2 aromatic heterocycles. The van der Waals surface area contributed by atoms with Gasteiger partial charge in [0.25, 0.3) is 5.91 Å². The zero-order valence-corrected chi connectivity index (χ0v) is 16.9. The number of amides is 1. The maximum absolute atomic E-state index is 12.9. The third kappa shape index (κ3) is 4.22. The van der Waals surface area contributed by atoms with Crippen molar-refractivity contribution in [2.75, 3.05) is 32.7 Å². The number of rotatable bonds is 4. The van der Waals surface area contributed by atoms with Crippen molar-refractivity contribution < 1.29 is 9.21 Å². The largest absolute Gasteiger partial charge is 0.451 e. The van der Waals surface area contributed by atoms with E-state index >= 15 is 0 Å². The van der Waals surface area contributed by atoms with Crippen LogP contribution in [0.1, 0.15) is 27.2 Å². The Balaban J connectivity index is 1.42. The minimum absolute atomic E-state index is 0.123. The molecule has 0 saturated carbocycles. The molecule has 3 aromatic rings. The summed E-state index contributed by atoms with van der Waals surface area (Å²) in [5.74, 6) is -0.0883. The lowest BCUT2D eigenvalue weighted by atomic mass is 10.1. The van der Waals surface area contributed by atoms with Gasteiger partial charge in [0.05, 0.1) is 5.39 Å². The van der Waals surface area contributed by atoms with E-state index in [1.165, 1.54) is 11.6 Å². The van der Waals surface area contributed by atoms with Gasteiger partial charge in [-0.15, -0.1) is 0 Å². The van der Waals surface area contributed by atoms with Crippen molar-refractivity contribution in [2.24, 2.45) is 0 Å². The van der Waals surface area contributed by atoms with Crippen LogP contribution in [0.3, 0.4) is 0 Å². The van der Waals surface area contributed by atoms with Crippen LogP contribution in [0.2, 0.25) is 0 Å². The van der Waals surface area contributed by atoms with Crippen molar-refractivity contribution >= 4 is 16.9 Å². The highest BCUT2D eigenvalue weighted by molar-refractivity contribution is 5.93. The summed E-state index contributed by atoms with van der Waals surface area (Å²) in [6, 6.07) is 9.17. The number of aromatic nitrogens is 1. The number of aryl methyl sites for hydroxylation is 2. The minimum atomic E-state index is -0.211. The van der Waals surface area contributed by atoms with Gasteiger partial charge in [-0.1, -0.05) is 6.07 Å². The van der Waals surface area contributed by atoms with Crippen molar-refractivity contribution in [3.63, 3.8) is 0 Å². The van der Waals surface area contributed by atoms with E-state index in [-0.39, 0.29) is 17.1 Å². The second-order valence-corrected chi connectivity index (χ2v) is 7.67. The number of nitrogens with zero attached hydrogens (tertiary/aromatic N) is 3. The summed E-state index contributed by atoms with van der Waals surface area (Å²) in [5.41, 5.74) is 3.46. The van der Waals surface area contributed by atoms with E-state index in [4.69, 9.17) is 4.42 Å². The number of fused-ring (bicyclic) bond motifs is 1. The minimum Gasteiger partial charge on any atom is -0.451 e. The molecule has 6 nitrogen and oxygen atoms in total. The summed E-state index contributed by atoms with van der Waals surface area (Å²) in [4.78, 5) is 33.6. The summed E-state index contributed by atoms with van der Waals surface area (Å²) in [5, 5.41) is 0.549. The molecule has 4 rings (SSSR count). The molecule has 0 aliphatic carbocycles. The summed E-state index contributed by atoms with van der Waals surface area (Å²) in [6.45, 7) is 7.67. The highest BCUT2D eigenvalue weighted by Crippen LogP contribution is 2.20. The number of carbonyl (C=O) groups excluding carboxylic acids is 1. The van der Waals surface area contributed by atoms with Crippen LogP contribution < -0.4 is 5.43 Å². The van der Waals surface area contributed by atoms with Crippen LogP contribution in [-0.2, 0) is 6.42 Å². The van der Waals surface area contributed by atoms with E-state index in [0.29, 0.717) is 24.1 Å². The highest BCUT2D eigenvalue weighted by Gasteiger charge is 2.24. The molecule has 6 heteroatoms. The fourth-order valence-corrected chi connectivity index (χ4v) is 3.94. The SMILES string of the molecule is Cc1cc(C)c2c(=O)cc(C(=O)N3CCN(CCc4ccncc4)CC3)oc2c1. The number of pyridine rings is 1. The zero-order chi connectivity index (χ0) is 20.4. The molecule has 3 heterocycles. The van der Waals surface area contributed by atoms with Crippen LogP contribution in [0.15, 0.2) is 51.9 Å². The van der Waals surface area contributed by atoms with Gasteiger partial charge < -0.3 is 9.32 Å². The monoisotopic (exact) mass is 391 g/mol. The first-order valence-electron chi connectivity index (χ1n) is 9.97. The quantitative estimate of drug-likeness (QED) is 0.684. The Morgan fingerprint density at radius 2 is 1.79 bits per heavy atom. The van der Waals surface area contributed by atoms with Crippen LogP contribution in [0.25, 0.3) is 11.0 Å². The molecular weight excluding hydrogens is 366 g/mol. The van der Waals surface area contributed by atoms with E-state index in [2.05, 4.69) is 9.88 Å². The maximum Gasteiger partial charge on any atom is 0.289 e.